The van der Waals surface area contributed by atoms with Gasteiger partial charge in [0.2, 0.25) is 0 Å². The van der Waals surface area contributed by atoms with Gasteiger partial charge in [0, 0.05) is 11.4 Å². The van der Waals surface area contributed by atoms with Crippen molar-refractivity contribution in [1.29, 1.82) is 5.26 Å². The van der Waals surface area contributed by atoms with Crippen molar-refractivity contribution in [2.24, 2.45) is 5.73 Å². The van der Waals surface area contributed by atoms with Crippen LogP contribution in [-0.2, 0) is 6.54 Å². The molecule has 2 aromatic rings. The van der Waals surface area contributed by atoms with E-state index in [0.717, 1.165) is 10.4 Å². The van der Waals surface area contributed by atoms with Crippen molar-refractivity contribution < 1.29 is 4.79 Å². The molecule has 7 nitrogen and oxygen atoms in total. The first-order valence-corrected chi connectivity index (χ1v) is 6.80. The van der Waals surface area contributed by atoms with Crippen molar-refractivity contribution in [3.05, 3.63) is 27.9 Å². The first kappa shape index (κ1) is 14.2. The SMILES string of the molecule is Cc1sc(NC(=O)c2cn(CCN)nn2)c(C#N)c1C. The molecule has 0 radical (unpaired) electrons. The van der Waals surface area contributed by atoms with E-state index in [1.54, 1.807) is 0 Å². The van der Waals surface area contributed by atoms with Crippen LogP contribution in [0, 0.1) is 25.2 Å². The quantitative estimate of drug-likeness (QED) is 0.874. The summed E-state index contributed by atoms with van der Waals surface area (Å²) in [6.07, 6.45) is 1.53. The molecule has 0 saturated carbocycles. The fraction of sp³-hybridized carbons (Fsp3) is 0.333. The molecule has 2 heterocycles. The van der Waals surface area contributed by atoms with Crippen LogP contribution in [-0.4, -0.2) is 27.4 Å². The molecule has 8 heteroatoms. The maximum atomic E-state index is 12.1. The van der Waals surface area contributed by atoms with Gasteiger partial charge in [0.15, 0.2) is 5.69 Å². The summed E-state index contributed by atoms with van der Waals surface area (Å²) in [5, 5.41) is 20.0. The number of carbonyl (C=O) groups is 1. The second-order valence-corrected chi connectivity index (χ2v) is 5.43. The largest absolute Gasteiger partial charge is 0.329 e. The zero-order chi connectivity index (χ0) is 14.7. The number of nitriles is 1. The Morgan fingerprint density at radius 3 is 3.00 bits per heavy atom. The number of hydrogen-bond donors (Lipinski definition) is 2. The van der Waals surface area contributed by atoms with Gasteiger partial charge in [-0.3, -0.25) is 9.48 Å². The molecule has 0 fully saturated rings. The van der Waals surface area contributed by atoms with E-state index in [0.29, 0.717) is 23.7 Å². The summed E-state index contributed by atoms with van der Waals surface area (Å²) >= 11 is 1.38. The fourth-order valence-electron chi connectivity index (χ4n) is 1.66. The standard InChI is InChI=1S/C12H14N6OS/c1-7-8(2)20-12(9(7)5-14)15-11(19)10-6-18(4-3-13)17-16-10/h6H,3-4,13H2,1-2H3,(H,15,19). The number of nitrogens with zero attached hydrogens (tertiary/aromatic N) is 4. The Hall–Kier alpha value is -2.24. The molecule has 1 amide bonds. The minimum Gasteiger partial charge on any atom is -0.329 e. The lowest BCUT2D eigenvalue weighted by atomic mass is 10.2. The molecular formula is C12H14N6OS. The Morgan fingerprint density at radius 1 is 1.60 bits per heavy atom. The molecule has 0 spiro atoms. The highest BCUT2D eigenvalue weighted by Gasteiger charge is 2.17. The van der Waals surface area contributed by atoms with Crippen LogP contribution in [0.15, 0.2) is 6.20 Å². The monoisotopic (exact) mass is 290 g/mol. The molecule has 0 atom stereocenters. The number of rotatable bonds is 4. The predicted octanol–water partition coefficient (Wildman–Crippen LogP) is 1.04. The third kappa shape index (κ3) is 2.68. The van der Waals surface area contributed by atoms with Crippen LogP contribution in [0.5, 0.6) is 0 Å². The molecule has 0 aliphatic carbocycles. The average Bonchev–Trinajstić information content (AvgIpc) is 2.97. The van der Waals surface area contributed by atoms with Crippen molar-refractivity contribution in [3.63, 3.8) is 0 Å². The number of nitrogens with one attached hydrogen (secondary N) is 1. The summed E-state index contributed by atoms with van der Waals surface area (Å²) in [5.74, 6) is -0.383. The Bertz CT molecular complexity index is 681. The van der Waals surface area contributed by atoms with Crippen LogP contribution in [0.4, 0.5) is 5.00 Å². The smallest absolute Gasteiger partial charge is 0.278 e. The lowest BCUT2D eigenvalue weighted by molar-refractivity contribution is 0.102. The van der Waals surface area contributed by atoms with Gasteiger partial charge in [0.25, 0.3) is 5.91 Å². The number of aryl methyl sites for hydroxylation is 1. The highest BCUT2D eigenvalue weighted by atomic mass is 32.1. The summed E-state index contributed by atoms with van der Waals surface area (Å²) < 4.78 is 1.50. The van der Waals surface area contributed by atoms with Gasteiger partial charge in [-0.25, -0.2) is 0 Å². The van der Waals surface area contributed by atoms with Crippen LogP contribution in [0.1, 0.15) is 26.5 Å². The van der Waals surface area contributed by atoms with Crippen LogP contribution in [0.2, 0.25) is 0 Å². The van der Waals surface area contributed by atoms with Crippen molar-refractivity contribution in [1.82, 2.24) is 15.0 Å². The van der Waals surface area contributed by atoms with E-state index in [1.165, 1.54) is 22.2 Å². The molecular weight excluding hydrogens is 276 g/mol. The Morgan fingerprint density at radius 2 is 2.35 bits per heavy atom. The summed E-state index contributed by atoms with van der Waals surface area (Å²) in [6.45, 7) is 4.69. The number of aromatic nitrogens is 3. The van der Waals surface area contributed by atoms with E-state index < -0.39 is 0 Å². The lowest BCUT2D eigenvalue weighted by Gasteiger charge is -1.99. The summed E-state index contributed by atoms with van der Waals surface area (Å²) in [5.41, 5.74) is 6.99. The zero-order valence-corrected chi connectivity index (χ0v) is 12.0. The van der Waals surface area contributed by atoms with Gasteiger partial charge >= 0.3 is 0 Å². The third-order valence-electron chi connectivity index (χ3n) is 2.85. The number of hydrogen-bond acceptors (Lipinski definition) is 6. The highest BCUT2D eigenvalue weighted by molar-refractivity contribution is 7.16. The Kier molecular flexibility index (Phi) is 4.12. The third-order valence-corrected chi connectivity index (χ3v) is 3.98. The zero-order valence-electron chi connectivity index (χ0n) is 11.2. The topological polar surface area (TPSA) is 110 Å². The van der Waals surface area contributed by atoms with Crippen molar-refractivity contribution in [2.45, 2.75) is 20.4 Å². The second kappa shape index (κ2) is 5.81. The fourth-order valence-corrected chi connectivity index (χ4v) is 2.67. The minimum atomic E-state index is -0.383. The van der Waals surface area contributed by atoms with Crippen molar-refractivity contribution in [2.75, 3.05) is 11.9 Å². The molecule has 0 bridgehead atoms. The van der Waals surface area contributed by atoms with Crippen LogP contribution in [0.25, 0.3) is 0 Å². The Balaban J connectivity index is 2.19. The number of carbonyl (C=O) groups excluding carboxylic acids is 1. The van der Waals surface area contributed by atoms with Gasteiger partial charge in [-0.1, -0.05) is 5.21 Å². The number of anilines is 1. The maximum absolute atomic E-state index is 12.1. The molecule has 0 saturated heterocycles. The maximum Gasteiger partial charge on any atom is 0.278 e. The van der Waals surface area contributed by atoms with Crippen LogP contribution < -0.4 is 11.1 Å². The van der Waals surface area contributed by atoms with E-state index in [1.807, 2.05) is 13.8 Å². The van der Waals surface area contributed by atoms with Gasteiger partial charge in [-0.15, -0.1) is 16.4 Å². The van der Waals surface area contributed by atoms with Crippen LogP contribution in [0.3, 0.4) is 0 Å². The highest BCUT2D eigenvalue weighted by Crippen LogP contribution is 2.31. The molecule has 0 aromatic carbocycles. The van der Waals surface area contributed by atoms with Gasteiger partial charge in [0.1, 0.15) is 11.1 Å². The molecule has 0 aliphatic rings. The summed E-state index contributed by atoms with van der Waals surface area (Å²) in [6, 6.07) is 2.10. The Labute approximate surface area is 120 Å². The molecule has 104 valence electrons. The molecule has 0 aliphatic heterocycles. The first-order valence-electron chi connectivity index (χ1n) is 5.98. The predicted molar refractivity (Wildman–Crippen MR) is 75.5 cm³/mol. The van der Waals surface area contributed by atoms with E-state index in [9.17, 15) is 4.79 Å². The lowest BCUT2D eigenvalue weighted by Crippen LogP contribution is -2.12. The average molecular weight is 290 g/mol. The van der Waals surface area contributed by atoms with E-state index in [2.05, 4.69) is 21.7 Å². The van der Waals surface area contributed by atoms with Crippen LogP contribution >= 0.6 is 11.3 Å². The van der Waals surface area contributed by atoms with Gasteiger partial charge in [0.05, 0.1) is 18.3 Å². The van der Waals surface area contributed by atoms with E-state index >= 15 is 0 Å². The van der Waals surface area contributed by atoms with E-state index in [4.69, 9.17) is 11.0 Å². The normalized spacial score (nSPS) is 10.3. The molecule has 3 N–H and O–H groups in total. The number of amides is 1. The van der Waals surface area contributed by atoms with Crippen molar-refractivity contribution >= 4 is 22.2 Å². The van der Waals surface area contributed by atoms with Gasteiger partial charge in [-0.2, -0.15) is 5.26 Å². The first-order chi connectivity index (χ1) is 9.56. The number of nitrogens with two attached hydrogens (primary N) is 1. The van der Waals surface area contributed by atoms with Crippen molar-refractivity contribution in [3.8, 4) is 6.07 Å². The number of thiophene rings is 1. The van der Waals surface area contributed by atoms with Gasteiger partial charge in [-0.05, 0) is 19.4 Å². The van der Waals surface area contributed by atoms with E-state index in [-0.39, 0.29) is 11.6 Å². The summed E-state index contributed by atoms with van der Waals surface area (Å²) in [7, 11) is 0. The summed E-state index contributed by atoms with van der Waals surface area (Å²) in [4.78, 5) is 13.1. The second-order valence-electron chi connectivity index (χ2n) is 4.21. The molecule has 2 aromatic heterocycles. The molecule has 0 unspecified atom stereocenters. The molecule has 20 heavy (non-hydrogen) atoms. The molecule has 2 rings (SSSR count). The van der Waals surface area contributed by atoms with Gasteiger partial charge < -0.3 is 11.1 Å². The minimum absolute atomic E-state index is 0.200.